The Morgan fingerprint density at radius 2 is 1.78 bits per heavy atom. The van der Waals surface area contributed by atoms with E-state index in [0.29, 0.717) is 12.0 Å². The van der Waals surface area contributed by atoms with Gasteiger partial charge in [0.15, 0.2) is 0 Å². The summed E-state index contributed by atoms with van der Waals surface area (Å²) < 4.78 is 18.3. The fourth-order valence-electron chi connectivity index (χ4n) is 3.63. The molecule has 0 radical (unpaired) electrons. The third kappa shape index (κ3) is 9.13. The summed E-state index contributed by atoms with van der Waals surface area (Å²) in [6.07, 6.45) is 11.0. The summed E-state index contributed by atoms with van der Waals surface area (Å²) in [4.78, 5) is 21.8. The van der Waals surface area contributed by atoms with E-state index in [1.165, 1.54) is 37.3 Å². The van der Waals surface area contributed by atoms with Crippen molar-refractivity contribution in [3.8, 4) is 5.75 Å². The van der Waals surface area contributed by atoms with Crippen LogP contribution < -0.4 is 4.74 Å². The van der Waals surface area contributed by atoms with Crippen LogP contribution in [0.2, 0.25) is 0 Å². The predicted octanol–water partition coefficient (Wildman–Crippen LogP) is 7.95. The molecule has 0 saturated heterocycles. The van der Waals surface area contributed by atoms with Crippen LogP contribution in [-0.2, 0) is 11.2 Å². The first-order valence-corrected chi connectivity index (χ1v) is 11.3. The molecule has 0 aliphatic carbocycles. The monoisotopic (exact) mass is 441 g/mol. The Hall–Kier alpha value is -2.82. The topological polar surface area (TPSA) is 55.7 Å². The van der Waals surface area contributed by atoms with E-state index in [-0.39, 0.29) is 16.9 Å². The highest BCUT2D eigenvalue weighted by Gasteiger charge is 2.26. The number of methoxy groups -OCH3 is 1. The van der Waals surface area contributed by atoms with Crippen LogP contribution in [0.25, 0.3) is 0 Å². The molecular weight excluding hydrogens is 405 g/mol. The third-order valence-corrected chi connectivity index (χ3v) is 5.53. The number of carbonyl (C=O) groups excluding carboxylic acids is 1. The van der Waals surface area contributed by atoms with Crippen molar-refractivity contribution >= 4 is 12.0 Å². The second kappa shape index (κ2) is 15.1. The first kappa shape index (κ1) is 27.2. The Bertz CT molecular complexity index is 843. The van der Waals surface area contributed by atoms with Gasteiger partial charge in [-0.05, 0) is 72.3 Å². The van der Waals surface area contributed by atoms with Crippen molar-refractivity contribution in [1.82, 2.24) is 0 Å². The molecule has 2 aromatic carbocycles. The Morgan fingerprint density at radius 3 is 2.31 bits per heavy atom. The van der Waals surface area contributed by atoms with Gasteiger partial charge in [0.25, 0.3) is 0 Å². The van der Waals surface area contributed by atoms with E-state index in [4.69, 9.17) is 4.74 Å². The van der Waals surface area contributed by atoms with Gasteiger partial charge >= 0.3 is 0 Å². The normalized spacial score (nSPS) is 10.6. The lowest BCUT2D eigenvalue weighted by Gasteiger charge is -2.26. The molecule has 32 heavy (non-hydrogen) atoms. The second-order valence-corrected chi connectivity index (χ2v) is 8.07. The molecule has 0 heterocycles. The number of ether oxygens (including phenoxy) is 1. The van der Waals surface area contributed by atoms with E-state index in [0.717, 1.165) is 43.4 Å². The molecule has 174 valence electrons. The molecule has 0 saturated carbocycles. The van der Waals surface area contributed by atoms with Crippen LogP contribution in [0, 0.1) is 16.1 Å². The van der Waals surface area contributed by atoms with Crippen LogP contribution in [0.15, 0.2) is 60.3 Å². The minimum absolute atomic E-state index is 0.103. The number of aldehydes is 1. The van der Waals surface area contributed by atoms with Crippen LogP contribution in [0.1, 0.15) is 69.9 Å². The molecule has 2 rings (SSSR count). The van der Waals surface area contributed by atoms with Crippen LogP contribution in [-0.4, -0.2) is 13.4 Å². The molecule has 0 bridgehead atoms. The standard InChI is InChI=1S/C14H12FNO2.C13H24O/c1-18-13-4-2-3-10(8-13)7-11-9-12(15)5-6-14(11)16-17;1-4-7-10-13(12-14,9-6-3)11-8-5-2/h2-6,8-9H,7H2,1H3;6,12H,3-5,7-11H2,1-2H3. The maximum absolute atomic E-state index is 13.2. The summed E-state index contributed by atoms with van der Waals surface area (Å²) >= 11 is 0. The van der Waals surface area contributed by atoms with Gasteiger partial charge in [-0.15, -0.1) is 11.5 Å². The fourth-order valence-corrected chi connectivity index (χ4v) is 3.63. The summed E-state index contributed by atoms with van der Waals surface area (Å²) in [5, 5.41) is 2.90. The zero-order chi connectivity index (χ0) is 23.8. The third-order valence-electron chi connectivity index (χ3n) is 5.53. The highest BCUT2D eigenvalue weighted by atomic mass is 19.1. The molecule has 0 amide bonds. The number of nitroso groups, excluding NO2 is 1. The number of allylic oxidation sites excluding steroid dienone is 1. The minimum Gasteiger partial charge on any atom is -0.497 e. The minimum atomic E-state index is -0.375. The zero-order valence-corrected chi connectivity index (χ0v) is 19.6. The van der Waals surface area contributed by atoms with Crippen molar-refractivity contribution in [3.05, 3.63) is 77.0 Å². The van der Waals surface area contributed by atoms with Crippen molar-refractivity contribution in [3.63, 3.8) is 0 Å². The lowest BCUT2D eigenvalue weighted by atomic mass is 9.77. The molecule has 0 atom stereocenters. The number of hydrogen-bond acceptors (Lipinski definition) is 4. The number of unbranched alkanes of at least 4 members (excludes halogenated alkanes) is 2. The zero-order valence-electron chi connectivity index (χ0n) is 19.6. The Labute approximate surface area is 191 Å². The van der Waals surface area contributed by atoms with Gasteiger partial charge in [-0.2, -0.15) is 0 Å². The van der Waals surface area contributed by atoms with E-state index in [1.807, 2.05) is 30.3 Å². The first-order valence-electron chi connectivity index (χ1n) is 11.3. The lowest BCUT2D eigenvalue weighted by molar-refractivity contribution is -0.117. The predicted molar refractivity (Wildman–Crippen MR) is 130 cm³/mol. The second-order valence-electron chi connectivity index (χ2n) is 8.07. The Morgan fingerprint density at radius 1 is 1.09 bits per heavy atom. The summed E-state index contributed by atoms with van der Waals surface area (Å²) in [6.45, 7) is 8.09. The highest BCUT2D eigenvalue weighted by Crippen LogP contribution is 2.33. The Kier molecular flexibility index (Phi) is 12.8. The lowest BCUT2D eigenvalue weighted by Crippen LogP contribution is -2.22. The van der Waals surface area contributed by atoms with E-state index in [1.54, 1.807) is 7.11 Å². The van der Waals surface area contributed by atoms with Crippen molar-refractivity contribution in [2.24, 2.45) is 10.6 Å². The number of halogens is 1. The summed E-state index contributed by atoms with van der Waals surface area (Å²) in [7, 11) is 1.58. The van der Waals surface area contributed by atoms with E-state index in [2.05, 4.69) is 25.6 Å². The van der Waals surface area contributed by atoms with Gasteiger partial charge in [0.1, 0.15) is 23.5 Å². The van der Waals surface area contributed by atoms with Gasteiger partial charge in [0.05, 0.1) is 7.11 Å². The number of carbonyl (C=O) groups is 1. The van der Waals surface area contributed by atoms with Gasteiger partial charge in [0, 0.05) is 5.41 Å². The van der Waals surface area contributed by atoms with Crippen molar-refractivity contribution in [2.75, 3.05) is 7.11 Å². The van der Waals surface area contributed by atoms with Gasteiger partial charge < -0.3 is 9.53 Å². The number of rotatable bonds is 13. The molecule has 0 aliphatic heterocycles. The first-order chi connectivity index (χ1) is 15.5. The summed E-state index contributed by atoms with van der Waals surface area (Å²) in [5.41, 5.74) is 1.66. The van der Waals surface area contributed by atoms with E-state index < -0.39 is 0 Å². The van der Waals surface area contributed by atoms with Crippen molar-refractivity contribution in [2.45, 2.75) is 65.2 Å². The molecule has 0 aliphatic rings. The molecule has 0 unspecified atom stereocenters. The number of hydrogen-bond donors (Lipinski definition) is 0. The Balaban J connectivity index is 0.000000333. The molecule has 0 fully saturated rings. The van der Waals surface area contributed by atoms with Gasteiger partial charge in [-0.1, -0.05) is 57.7 Å². The number of nitrogens with zero attached hydrogens (tertiary/aromatic N) is 1. The molecule has 2 aromatic rings. The maximum Gasteiger partial charge on any atom is 0.126 e. The van der Waals surface area contributed by atoms with Gasteiger partial charge in [0.2, 0.25) is 0 Å². The van der Waals surface area contributed by atoms with E-state index >= 15 is 0 Å². The average Bonchev–Trinajstić information content (AvgIpc) is 2.82. The quantitative estimate of drug-likeness (QED) is 0.180. The average molecular weight is 442 g/mol. The summed E-state index contributed by atoms with van der Waals surface area (Å²) in [6, 6.07) is 11.4. The largest absolute Gasteiger partial charge is 0.497 e. The van der Waals surface area contributed by atoms with Crippen LogP contribution in [0.3, 0.4) is 0 Å². The molecule has 5 heteroatoms. The molecule has 4 nitrogen and oxygen atoms in total. The van der Waals surface area contributed by atoms with Crippen LogP contribution >= 0.6 is 0 Å². The number of benzene rings is 2. The van der Waals surface area contributed by atoms with Crippen molar-refractivity contribution < 1.29 is 13.9 Å². The van der Waals surface area contributed by atoms with Crippen molar-refractivity contribution in [1.29, 1.82) is 0 Å². The summed E-state index contributed by atoms with van der Waals surface area (Å²) in [5.74, 6) is 0.352. The maximum atomic E-state index is 13.2. The van der Waals surface area contributed by atoms with Gasteiger partial charge in [-0.3, -0.25) is 0 Å². The smallest absolute Gasteiger partial charge is 0.126 e. The van der Waals surface area contributed by atoms with Gasteiger partial charge in [-0.25, -0.2) is 4.39 Å². The molecule has 0 spiro atoms. The molecule has 0 aromatic heterocycles. The fraction of sp³-hybridized carbons (Fsp3) is 0.444. The van der Waals surface area contributed by atoms with Crippen LogP contribution in [0.4, 0.5) is 10.1 Å². The highest BCUT2D eigenvalue weighted by molar-refractivity contribution is 5.59. The SMILES string of the molecule is C=CCC(C=O)(CCCC)CCCC.COc1cccc(Cc2cc(F)ccc2N=O)c1. The van der Waals surface area contributed by atoms with E-state index in [9.17, 15) is 14.1 Å². The molecular formula is C27H36FNO3. The van der Waals surface area contributed by atoms with Crippen LogP contribution in [0.5, 0.6) is 5.75 Å². The molecule has 0 N–H and O–H groups in total.